The summed E-state index contributed by atoms with van der Waals surface area (Å²) < 4.78 is 18.1. The second-order valence-corrected chi connectivity index (χ2v) is 18.2. The van der Waals surface area contributed by atoms with E-state index in [9.17, 15) is 4.79 Å². The van der Waals surface area contributed by atoms with Gasteiger partial charge in [0.25, 0.3) is 5.91 Å². The number of amides is 1. The number of carbonyl (C=O) groups excluding carboxylic acids is 1. The van der Waals surface area contributed by atoms with E-state index in [0.29, 0.717) is 31.6 Å². The molecule has 2 aromatic rings. The number of nitrogens with zero attached hydrogens (tertiary/aromatic N) is 3. The first-order valence-electron chi connectivity index (χ1n) is 16.0. The van der Waals surface area contributed by atoms with Gasteiger partial charge in [-0.3, -0.25) is 4.79 Å². The van der Waals surface area contributed by atoms with Crippen molar-refractivity contribution in [2.75, 3.05) is 44.9 Å². The lowest BCUT2D eigenvalue weighted by Gasteiger charge is -2.38. The van der Waals surface area contributed by atoms with Crippen molar-refractivity contribution < 1.29 is 18.7 Å². The number of hydrogen-bond acceptors (Lipinski definition) is 6. The summed E-state index contributed by atoms with van der Waals surface area (Å²) in [5, 5.41) is 0.0950. The standard InChI is InChI=1S/C35H53N3O4Si/c1-9-38(28-18-21-41-22-19-28)32-17-13-16-30-29(32)15-12-10-11-14-27-24-26(2)36-33(40-6)31(27)25-37(34(30)39)20-23-42-43(7,8)35(3,4)5/h10,12-13,16-17,24,28H,9,11,14-15,18-23,25H2,1-8H3/b12-10-. The molecule has 0 spiro atoms. The highest BCUT2D eigenvalue weighted by Crippen LogP contribution is 2.37. The largest absolute Gasteiger partial charge is 0.481 e. The summed E-state index contributed by atoms with van der Waals surface area (Å²) in [6.07, 6.45) is 9.00. The lowest BCUT2D eigenvalue weighted by atomic mass is 9.96. The van der Waals surface area contributed by atoms with E-state index in [2.05, 4.69) is 70.0 Å². The van der Waals surface area contributed by atoms with Crippen molar-refractivity contribution >= 4 is 19.9 Å². The summed E-state index contributed by atoms with van der Waals surface area (Å²) in [4.78, 5) is 23.8. The quantitative estimate of drug-likeness (QED) is 0.235. The third-order valence-electron chi connectivity index (χ3n) is 9.50. The van der Waals surface area contributed by atoms with Crippen LogP contribution in [0, 0.1) is 6.92 Å². The average Bonchev–Trinajstić information content (AvgIpc) is 2.97. The van der Waals surface area contributed by atoms with Crippen LogP contribution in [-0.4, -0.2) is 70.2 Å². The first kappa shape index (κ1) is 33.2. The molecule has 43 heavy (non-hydrogen) atoms. The predicted molar refractivity (Wildman–Crippen MR) is 178 cm³/mol. The number of methoxy groups -OCH3 is 1. The molecule has 8 heteroatoms. The van der Waals surface area contributed by atoms with Crippen molar-refractivity contribution in [3.63, 3.8) is 0 Å². The van der Waals surface area contributed by atoms with Gasteiger partial charge in [0, 0.05) is 54.9 Å². The summed E-state index contributed by atoms with van der Waals surface area (Å²) in [6, 6.07) is 8.80. The van der Waals surface area contributed by atoms with E-state index >= 15 is 0 Å². The van der Waals surface area contributed by atoms with Gasteiger partial charge in [-0.1, -0.05) is 39.0 Å². The summed E-state index contributed by atoms with van der Waals surface area (Å²) in [5.41, 5.74) is 6.12. The van der Waals surface area contributed by atoms with E-state index in [4.69, 9.17) is 18.9 Å². The molecular weight excluding hydrogens is 554 g/mol. The zero-order valence-corrected chi connectivity index (χ0v) is 28.8. The number of anilines is 1. The molecule has 1 fully saturated rings. The van der Waals surface area contributed by atoms with Crippen LogP contribution in [0.1, 0.15) is 79.7 Å². The number of aryl methyl sites for hydroxylation is 2. The Balaban J connectivity index is 1.78. The molecule has 0 saturated carbocycles. The predicted octanol–water partition coefficient (Wildman–Crippen LogP) is 7.11. The van der Waals surface area contributed by atoms with E-state index in [-0.39, 0.29) is 10.9 Å². The first-order chi connectivity index (χ1) is 20.5. The molecule has 2 aliphatic heterocycles. The van der Waals surface area contributed by atoms with Crippen LogP contribution in [-0.2, 0) is 28.5 Å². The molecule has 1 amide bonds. The van der Waals surface area contributed by atoms with Gasteiger partial charge in [0.05, 0.1) is 20.3 Å². The van der Waals surface area contributed by atoms with Gasteiger partial charge >= 0.3 is 0 Å². The minimum Gasteiger partial charge on any atom is -0.481 e. The molecule has 7 nitrogen and oxygen atoms in total. The topological polar surface area (TPSA) is 64.1 Å². The second kappa shape index (κ2) is 14.4. The van der Waals surface area contributed by atoms with E-state index < -0.39 is 8.32 Å². The maximum atomic E-state index is 14.7. The monoisotopic (exact) mass is 607 g/mol. The Bertz CT molecular complexity index is 1280. The van der Waals surface area contributed by atoms with Crippen molar-refractivity contribution in [3.8, 4) is 5.88 Å². The summed E-state index contributed by atoms with van der Waals surface area (Å²) in [7, 11) is -0.316. The minimum absolute atomic E-state index is 0.0289. The minimum atomic E-state index is -1.98. The van der Waals surface area contributed by atoms with E-state index in [0.717, 1.165) is 79.9 Å². The lowest BCUT2D eigenvalue weighted by molar-refractivity contribution is 0.0708. The second-order valence-electron chi connectivity index (χ2n) is 13.4. The molecule has 236 valence electrons. The zero-order chi connectivity index (χ0) is 31.2. The third kappa shape index (κ3) is 7.89. The Morgan fingerprint density at radius 1 is 1.14 bits per heavy atom. The number of fused-ring (bicyclic) bond motifs is 2. The number of pyridine rings is 1. The molecule has 0 aliphatic carbocycles. The molecule has 2 aliphatic rings. The Morgan fingerprint density at radius 2 is 1.88 bits per heavy atom. The van der Waals surface area contributed by atoms with E-state index in [1.807, 2.05) is 24.0 Å². The molecule has 1 aromatic heterocycles. The van der Waals surface area contributed by atoms with Crippen LogP contribution >= 0.6 is 0 Å². The van der Waals surface area contributed by atoms with Gasteiger partial charge in [0.2, 0.25) is 5.88 Å². The normalized spacial score (nSPS) is 17.9. The highest BCUT2D eigenvalue weighted by molar-refractivity contribution is 6.74. The SMILES string of the molecule is CCN(c1cccc2c1C/C=C\CCc1cc(C)nc(OC)c1CN(CCO[Si](C)(C)C(C)(C)C)C2=O)C1CCOCC1. The van der Waals surface area contributed by atoms with Crippen molar-refractivity contribution in [2.24, 2.45) is 0 Å². The third-order valence-corrected chi connectivity index (χ3v) is 14.0. The number of allylic oxidation sites excluding steroid dienone is 2. The Hall–Kier alpha value is -2.68. The van der Waals surface area contributed by atoms with E-state index in [1.165, 1.54) is 5.56 Å². The fourth-order valence-corrected chi connectivity index (χ4v) is 7.01. The summed E-state index contributed by atoms with van der Waals surface area (Å²) in [6.45, 7) is 19.4. The molecule has 0 atom stereocenters. The maximum Gasteiger partial charge on any atom is 0.254 e. The van der Waals surface area contributed by atoms with Gasteiger partial charge in [-0.05, 0) is 93.4 Å². The molecule has 1 saturated heterocycles. The van der Waals surface area contributed by atoms with Crippen LogP contribution in [0.2, 0.25) is 18.1 Å². The average molecular weight is 608 g/mol. The molecular formula is C35H53N3O4Si. The fraction of sp³-hybridized carbons (Fsp3) is 0.600. The van der Waals surface area contributed by atoms with Crippen molar-refractivity contribution in [1.29, 1.82) is 0 Å². The van der Waals surface area contributed by atoms with Gasteiger partial charge in [-0.2, -0.15) is 0 Å². The highest BCUT2D eigenvalue weighted by Gasteiger charge is 2.37. The van der Waals surface area contributed by atoms with Gasteiger partial charge in [0.15, 0.2) is 8.32 Å². The fourth-order valence-electron chi connectivity index (χ4n) is 5.98. The molecule has 0 radical (unpaired) electrons. The number of rotatable bonds is 8. The van der Waals surface area contributed by atoms with Crippen molar-refractivity contribution in [1.82, 2.24) is 9.88 Å². The molecule has 0 unspecified atom stereocenters. The van der Waals surface area contributed by atoms with Crippen molar-refractivity contribution in [3.05, 3.63) is 64.4 Å². The summed E-state index contributed by atoms with van der Waals surface area (Å²) in [5.74, 6) is 0.631. The number of benzene rings is 1. The Kier molecular flexibility index (Phi) is 11.1. The van der Waals surface area contributed by atoms with Crippen LogP contribution in [0.5, 0.6) is 5.88 Å². The Labute approximate surface area is 260 Å². The van der Waals surface area contributed by atoms with Crippen LogP contribution in [0.3, 0.4) is 0 Å². The van der Waals surface area contributed by atoms with Crippen LogP contribution in [0.25, 0.3) is 0 Å². The van der Waals surface area contributed by atoms with E-state index in [1.54, 1.807) is 7.11 Å². The smallest absolute Gasteiger partial charge is 0.254 e. The summed E-state index contributed by atoms with van der Waals surface area (Å²) >= 11 is 0. The molecule has 1 aromatic carbocycles. The first-order valence-corrected chi connectivity index (χ1v) is 19.0. The van der Waals surface area contributed by atoms with Crippen molar-refractivity contribution in [2.45, 2.75) is 97.4 Å². The molecule has 4 rings (SSSR count). The maximum absolute atomic E-state index is 14.7. The van der Waals surface area contributed by atoms with Gasteiger partial charge in [-0.15, -0.1) is 0 Å². The van der Waals surface area contributed by atoms with Crippen LogP contribution in [0.15, 0.2) is 36.4 Å². The number of aromatic nitrogens is 1. The van der Waals surface area contributed by atoms with Crippen LogP contribution in [0.4, 0.5) is 5.69 Å². The molecule has 3 heterocycles. The molecule has 0 N–H and O–H groups in total. The molecule has 0 bridgehead atoms. The van der Waals surface area contributed by atoms with Gasteiger partial charge < -0.3 is 23.7 Å². The highest BCUT2D eigenvalue weighted by atomic mass is 28.4. The Morgan fingerprint density at radius 3 is 2.56 bits per heavy atom. The van der Waals surface area contributed by atoms with Gasteiger partial charge in [-0.25, -0.2) is 4.98 Å². The van der Waals surface area contributed by atoms with Gasteiger partial charge in [0.1, 0.15) is 0 Å². The lowest BCUT2D eigenvalue weighted by Crippen LogP contribution is -2.43. The number of carbonyl (C=O) groups is 1. The number of ether oxygens (including phenoxy) is 2. The zero-order valence-electron chi connectivity index (χ0n) is 27.8. The van der Waals surface area contributed by atoms with Crippen LogP contribution < -0.4 is 9.64 Å². The number of hydrogen-bond donors (Lipinski definition) is 0.